The van der Waals surface area contributed by atoms with Crippen molar-refractivity contribution in [1.29, 1.82) is 0 Å². The lowest BCUT2D eigenvalue weighted by Crippen LogP contribution is -1.92. The Morgan fingerprint density at radius 3 is 2.65 bits per heavy atom. The lowest BCUT2D eigenvalue weighted by atomic mass is 10.1. The molecule has 4 nitrogen and oxygen atoms in total. The van der Waals surface area contributed by atoms with Crippen LogP contribution in [0, 0.1) is 6.92 Å². The molecule has 0 atom stereocenters. The monoisotopic (exact) mass is 302 g/mol. The van der Waals surface area contributed by atoms with Crippen molar-refractivity contribution < 1.29 is 0 Å². The first kappa shape index (κ1) is 14.8. The summed E-state index contributed by atoms with van der Waals surface area (Å²) in [6, 6.07) is 14.2. The molecule has 0 saturated carbocycles. The van der Waals surface area contributed by atoms with E-state index in [9.17, 15) is 0 Å². The summed E-state index contributed by atoms with van der Waals surface area (Å²) >= 11 is 0. The largest absolute Gasteiger partial charge is 0.362 e. The fraction of sp³-hybridized carbons (Fsp3) is 0.0526. The van der Waals surface area contributed by atoms with Crippen molar-refractivity contribution in [3.63, 3.8) is 0 Å². The first-order chi connectivity index (χ1) is 11.3. The number of aryl methyl sites for hydroxylation is 1. The molecule has 2 aromatic heterocycles. The highest BCUT2D eigenvalue weighted by atomic mass is 15.0. The average molecular weight is 302 g/mol. The topological polar surface area (TPSA) is 53.1 Å². The summed E-state index contributed by atoms with van der Waals surface area (Å²) in [7, 11) is 0. The van der Waals surface area contributed by atoms with Crippen LogP contribution in [-0.4, -0.2) is 16.2 Å². The molecule has 2 N–H and O–H groups in total. The molecule has 0 bridgehead atoms. The number of hydrogen-bond acceptors (Lipinski definition) is 3. The molecule has 0 spiro atoms. The van der Waals surface area contributed by atoms with Gasteiger partial charge in [-0.25, -0.2) is 4.98 Å². The Labute approximate surface area is 135 Å². The Hall–Kier alpha value is -3.14. The number of pyridine rings is 1. The molecule has 0 aliphatic rings. The molecular weight excluding hydrogens is 284 g/mol. The zero-order valence-corrected chi connectivity index (χ0v) is 13.0. The van der Waals surface area contributed by atoms with Gasteiger partial charge in [0.05, 0.1) is 5.69 Å². The number of nitrogens with one attached hydrogen (secondary N) is 2. The zero-order valence-electron chi connectivity index (χ0n) is 13.0. The SMILES string of the molecule is C=CC=Nc1c(Nc2ccc(-c3ccccc3)cn2)c[nH]c1C. The second kappa shape index (κ2) is 6.75. The van der Waals surface area contributed by atoms with Crippen LogP contribution in [0.25, 0.3) is 11.1 Å². The standard InChI is InChI=1S/C19H18N4/c1-3-11-20-19-14(2)21-13-17(19)23-18-10-9-16(12-22-18)15-7-5-4-6-8-15/h3-13,21H,1H2,2H3,(H,22,23). The molecule has 114 valence electrons. The first-order valence-electron chi connectivity index (χ1n) is 7.39. The van der Waals surface area contributed by atoms with Crippen molar-refractivity contribution >= 4 is 23.4 Å². The van der Waals surface area contributed by atoms with Crippen LogP contribution >= 0.6 is 0 Å². The number of aromatic amines is 1. The van der Waals surface area contributed by atoms with E-state index < -0.39 is 0 Å². The van der Waals surface area contributed by atoms with Gasteiger partial charge in [-0.2, -0.15) is 0 Å². The van der Waals surface area contributed by atoms with E-state index in [1.54, 1.807) is 12.3 Å². The highest BCUT2D eigenvalue weighted by Gasteiger charge is 2.07. The van der Waals surface area contributed by atoms with Gasteiger partial charge in [0.1, 0.15) is 11.5 Å². The van der Waals surface area contributed by atoms with Gasteiger partial charge in [-0.05, 0) is 24.6 Å². The number of hydrogen-bond donors (Lipinski definition) is 2. The number of benzene rings is 1. The molecule has 3 aromatic rings. The Kier molecular flexibility index (Phi) is 4.34. The fourth-order valence-corrected chi connectivity index (χ4v) is 2.32. The van der Waals surface area contributed by atoms with Crippen LogP contribution in [0.1, 0.15) is 5.69 Å². The maximum atomic E-state index is 4.48. The molecule has 0 aliphatic carbocycles. The van der Waals surface area contributed by atoms with Crippen LogP contribution in [0.3, 0.4) is 0 Å². The van der Waals surface area contributed by atoms with Crippen LogP contribution in [0.2, 0.25) is 0 Å². The van der Waals surface area contributed by atoms with Crippen LogP contribution in [0.15, 0.2) is 72.5 Å². The number of aliphatic imine (C=N–C) groups is 1. The molecule has 2 heterocycles. The van der Waals surface area contributed by atoms with E-state index in [1.165, 1.54) is 0 Å². The molecule has 4 heteroatoms. The quantitative estimate of drug-likeness (QED) is 0.650. The summed E-state index contributed by atoms with van der Waals surface area (Å²) < 4.78 is 0. The van der Waals surface area contributed by atoms with Crippen molar-refractivity contribution in [3.8, 4) is 11.1 Å². The Balaban J connectivity index is 1.82. The van der Waals surface area contributed by atoms with Crippen LogP contribution in [-0.2, 0) is 0 Å². The van der Waals surface area contributed by atoms with Crippen LogP contribution in [0.5, 0.6) is 0 Å². The Bertz CT molecular complexity index is 814. The highest BCUT2D eigenvalue weighted by Crippen LogP contribution is 2.31. The summed E-state index contributed by atoms with van der Waals surface area (Å²) in [4.78, 5) is 12.0. The minimum atomic E-state index is 0.777. The van der Waals surface area contributed by atoms with Gasteiger partial charge in [0.15, 0.2) is 0 Å². The lowest BCUT2D eigenvalue weighted by Gasteiger charge is -2.06. The van der Waals surface area contributed by atoms with E-state index in [0.717, 1.165) is 34.0 Å². The number of anilines is 2. The summed E-state index contributed by atoms with van der Waals surface area (Å²) in [6.07, 6.45) is 7.08. The van der Waals surface area contributed by atoms with E-state index in [4.69, 9.17) is 0 Å². The molecule has 0 saturated heterocycles. The smallest absolute Gasteiger partial charge is 0.130 e. The summed E-state index contributed by atoms with van der Waals surface area (Å²) in [5.41, 5.74) is 4.98. The van der Waals surface area contributed by atoms with Gasteiger partial charge in [0, 0.05) is 29.9 Å². The molecule has 0 unspecified atom stereocenters. The maximum absolute atomic E-state index is 4.48. The van der Waals surface area contributed by atoms with E-state index in [2.05, 4.69) is 45.1 Å². The van der Waals surface area contributed by atoms with Crippen LogP contribution < -0.4 is 5.32 Å². The van der Waals surface area contributed by atoms with E-state index in [0.29, 0.717) is 0 Å². The molecular formula is C19H18N4. The normalized spacial score (nSPS) is 10.8. The van der Waals surface area contributed by atoms with Crippen molar-refractivity contribution in [2.45, 2.75) is 6.92 Å². The third kappa shape index (κ3) is 3.37. The Morgan fingerprint density at radius 1 is 1.13 bits per heavy atom. The molecule has 0 amide bonds. The fourth-order valence-electron chi connectivity index (χ4n) is 2.32. The second-order valence-electron chi connectivity index (χ2n) is 5.11. The van der Waals surface area contributed by atoms with Gasteiger partial charge >= 0.3 is 0 Å². The lowest BCUT2D eigenvalue weighted by molar-refractivity contribution is 1.26. The molecule has 1 aromatic carbocycles. The van der Waals surface area contributed by atoms with Gasteiger partial charge in [-0.15, -0.1) is 0 Å². The number of aromatic nitrogens is 2. The van der Waals surface area contributed by atoms with Crippen molar-refractivity contribution in [3.05, 3.63) is 73.2 Å². The van der Waals surface area contributed by atoms with Gasteiger partial charge in [0.25, 0.3) is 0 Å². The predicted octanol–water partition coefficient (Wildman–Crippen LogP) is 5.02. The van der Waals surface area contributed by atoms with Crippen molar-refractivity contribution in [2.75, 3.05) is 5.32 Å². The summed E-state index contributed by atoms with van der Waals surface area (Å²) in [5.74, 6) is 0.777. The average Bonchev–Trinajstić information content (AvgIpc) is 2.94. The molecule has 0 aliphatic heterocycles. The van der Waals surface area contributed by atoms with Gasteiger partial charge < -0.3 is 10.3 Å². The maximum Gasteiger partial charge on any atom is 0.130 e. The summed E-state index contributed by atoms with van der Waals surface area (Å²) in [6.45, 7) is 5.63. The van der Waals surface area contributed by atoms with Gasteiger partial charge in [-0.3, -0.25) is 4.99 Å². The molecule has 0 radical (unpaired) electrons. The van der Waals surface area contributed by atoms with E-state index >= 15 is 0 Å². The van der Waals surface area contributed by atoms with Gasteiger partial charge in [-0.1, -0.05) is 43.0 Å². The first-order valence-corrected chi connectivity index (χ1v) is 7.39. The third-order valence-corrected chi connectivity index (χ3v) is 3.49. The van der Waals surface area contributed by atoms with Crippen molar-refractivity contribution in [2.24, 2.45) is 4.99 Å². The molecule has 0 fully saturated rings. The molecule has 23 heavy (non-hydrogen) atoms. The van der Waals surface area contributed by atoms with E-state index in [-0.39, 0.29) is 0 Å². The minimum absolute atomic E-state index is 0.777. The summed E-state index contributed by atoms with van der Waals surface area (Å²) in [5, 5.41) is 3.29. The number of rotatable bonds is 5. The van der Waals surface area contributed by atoms with Crippen molar-refractivity contribution in [1.82, 2.24) is 9.97 Å². The van der Waals surface area contributed by atoms with Crippen LogP contribution in [0.4, 0.5) is 17.2 Å². The second-order valence-corrected chi connectivity index (χ2v) is 5.11. The Morgan fingerprint density at radius 2 is 1.96 bits per heavy atom. The number of nitrogens with zero attached hydrogens (tertiary/aromatic N) is 2. The minimum Gasteiger partial charge on any atom is -0.362 e. The zero-order chi connectivity index (χ0) is 16.1. The molecule has 3 rings (SSSR count). The number of H-pyrrole nitrogens is 1. The highest BCUT2D eigenvalue weighted by molar-refractivity contribution is 5.81. The third-order valence-electron chi connectivity index (χ3n) is 3.49. The predicted molar refractivity (Wildman–Crippen MR) is 96.8 cm³/mol. The van der Waals surface area contributed by atoms with Gasteiger partial charge in [0.2, 0.25) is 0 Å². The van der Waals surface area contributed by atoms with E-state index in [1.807, 2.05) is 43.6 Å². The number of allylic oxidation sites excluding steroid dienone is 1.